The van der Waals surface area contributed by atoms with Crippen LogP contribution in [-0.4, -0.2) is 33.2 Å². The average Bonchev–Trinajstić information content (AvgIpc) is 3.06. The van der Waals surface area contributed by atoms with Crippen molar-refractivity contribution in [2.75, 3.05) is 12.4 Å². The lowest BCUT2D eigenvalue weighted by Gasteiger charge is -2.11. The van der Waals surface area contributed by atoms with E-state index < -0.39 is 0 Å². The van der Waals surface area contributed by atoms with Crippen molar-refractivity contribution in [1.82, 2.24) is 20.2 Å². The normalized spacial score (nSPS) is 10.6. The Morgan fingerprint density at radius 2 is 2.04 bits per heavy atom. The van der Waals surface area contributed by atoms with E-state index in [2.05, 4.69) is 20.7 Å². The lowest BCUT2D eigenvalue weighted by atomic mass is 10.2. The quantitative estimate of drug-likeness (QED) is 0.741. The predicted molar refractivity (Wildman–Crippen MR) is 94.6 cm³/mol. The summed E-state index contributed by atoms with van der Waals surface area (Å²) in [6.45, 7) is 1.68. The van der Waals surface area contributed by atoms with Crippen LogP contribution in [0.25, 0.3) is 11.4 Å². The summed E-state index contributed by atoms with van der Waals surface area (Å²) in [6, 6.07) is 9.04. The molecule has 1 aromatic heterocycles. The van der Waals surface area contributed by atoms with Crippen molar-refractivity contribution in [3.8, 4) is 17.1 Å². The van der Waals surface area contributed by atoms with Gasteiger partial charge in [-0.2, -0.15) is 4.80 Å². The van der Waals surface area contributed by atoms with Gasteiger partial charge in [0.1, 0.15) is 18.1 Å². The highest BCUT2D eigenvalue weighted by Crippen LogP contribution is 2.30. The zero-order valence-corrected chi connectivity index (χ0v) is 14.8. The molecule has 0 radical (unpaired) electrons. The summed E-state index contributed by atoms with van der Waals surface area (Å²) < 4.78 is 18.2. The van der Waals surface area contributed by atoms with E-state index in [-0.39, 0.29) is 18.3 Å². The van der Waals surface area contributed by atoms with Crippen molar-refractivity contribution in [3.63, 3.8) is 0 Å². The van der Waals surface area contributed by atoms with Gasteiger partial charge in [-0.05, 0) is 48.0 Å². The van der Waals surface area contributed by atoms with Crippen molar-refractivity contribution >= 4 is 23.2 Å². The van der Waals surface area contributed by atoms with Crippen LogP contribution in [0.3, 0.4) is 0 Å². The minimum Gasteiger partial charge on any atom is -0.495 e. The number of benzene rings is 2. The van der Waals surface area contributed by atoms with Crippen LogP contribution in [0, 0.1) is 12.7 Å². The van der Waals surface area contributed by atoms with Gasteiger partial charge in [-0.25, -0.2) is 4.39 Å². The first-order chi connectivity index (χ1) is 12.5. The van der Waals surface area contributed by atoms with Crippen LogP contribution in [-0.2, 0) is 11.3 Å². The summed E-state index contributed by atoms with van der Waals surface area (Å²) in [5.41, 5.74) is 1.91. The predicted octanol–water partition coefficient (Wildman–Crippen LogP) is 3.09. The van der Waals surface area contributed by atoms with Crippen LogP contribution < -0.4 is 10.1 Å². The molecule has 0 aliphatic carbocycles. The Bertz CT molecular complexity index is 943. The molecule has 134 valence electrons. The number of methoxy groups -OCH3 is 1. The van der Waals surface area contributed by atoms with Crippen LogP contribution in [0.15, 0.2) is 36.4 Å². The van der Waals surface area contributed by atoms with Gasteiger partial charge in [0.25, 0.3) is 0 Å². The van der Waals surface area contributed by atoms with Gasteiger partial charge < -0.3 is 10.1 Å². The molecule has 2 aromatic carbocycles. The monoisotopic (exact) mass is 375 g/mol. The molecule has 0 fully saturated rings. The van der Waals surface area contributed by atoms with Crippen LogP contribution in [0.4, 0.5) is 10.1 Å². The molecule has 26 heavy (non-hydrogen) atoms. The largest absolute Gasteiger partial charge is 0.495 e. The number of hydrogen-bond donors (Lipinski definition) is 1. The first-order valence-electron chi connectivity index (χ1n) is 7.64. The molecule has 0 saturated heterocycles. The molecule has 0 atom stereocenters. The number of hydrogen-bond acceptors (Lipinski definition) is 5. The van der Waals surface area contributed by atoms with Crippen LogP contribution >= 0.6 is 11.6 Å². The number of aryl methyl sites for hydroxylation is 1. The van der Waals surface area contributed by atoms with Gasteiger partial charge in [0.15, 0.2) is 0 Å². The maximum absolute atomic E-state index is 13.0. The number of carbonyl (C=O) groups excluding carboxylic acids is 1. The van der Waals surface area contributed by atoms with Crippen molar-refractivity contribution in [1.29, 1.82) is 0 Å². The van der Waals surface area contributed by atoms with Gasteiger partial charge in [0.05, 0.1) is 12.8 Å². The first-order valence-corrected chi connectivity index (χ1v) is 8.02. The summed E-state index contributed by atoms with van der Waals surface area (Å²) in [5, 5.41) is 15.1. The van der Waals surface area contributed by atoms with Gasteiger partial charge in [0.2, 0.25) is 11.7 Å². The highest BCUT2D eigenvalue weighted by molar-refractivity contribution is 6.31. The van der Waals surface area contributed by atoms with E-state index in [9.17, 15) is 9.18 Å². The number of carbonyl (C=O) groups is 1. The molecule has 3 aromatic rings. The van der Waals surface area contributed by atoms with Gasteiger partial charge in [-0.15, -0.1) is 10.2 Å². The van der Waals surface area contributed by atoms with Gasteiger partial charge >= 0.3 is 0 Å². The smallest absolute Gasteiger partial charge is 0.248 e. The minimum atomic E-state index is -0.354. The number of ether oxygens (including phenoxy) is 1. The number of tetrazole rings is 1. The molecular weight excluding hydrogens is 361 g/mol. The van der Waals surface area contributed by atoms with Gasteiger partial charge in [0, 0.05) is 16.7 Å². The number of nitrogens with zero attached hydrogens (tertiary/aromatic N) is 4. The summed E-state index contributed by atoms with van der Waals surface area (Å²) >= 11 is 6.05. The zero-order valence-electron chi connectivity index (χ0n) is 14.0. The van der Waals surface area contributed by atoms with E-state index in [1.165, 1.54) is 31.4 Å². The van der Waals surface area contributed by atoms with E-state index in [4.69, 9.17) is 16.3 Å². The molecule has 9 heteroatoms. The maximum atomic E-state index is 13.0. The maximum Gasteiger partial charge on any atom is 0.248 e. The third kappa shape index (κ3) is 3.97. The molecule has 1 N–H and O–H groups in total. The Kier molecular flexibility index (Phi) is 5.13. The molecule has 0 saturated carbocycles. The summed E-state index contributed by atoms with van der Waals surface area (Å²) in [4.78, 5) is 13.4. The van der Waals surface area contributed by atoms with Gasteiger partial charge in [-0.3, -0.25) is 4.79 Å². The van der Waals surface area contributed by atoms with Crippen LogP contribution in [0.2, 0.25) is 5.02 Å². The first kappa shape index (κ1) is 17.8. The number of rotatable bonds is 5. The Balaban J connectivity index is 1.71. The highest BCUT2D eigenvalue weighted by Gasteiger charge is 2.13. The fourth-order valence-corrected chi connectivity index (χ4v) is 2.43. The standard InChI is InChI=1S/C17H15ClFN5O2/c1-10-7-14(15(26-2)8-13(10)18)20-16(25)9-24-22-17(21-23-24)11-3-5-12(19)6-4-11/h3-8H,9H2,1-2H3,(H,20,25). The zero-order chi connectivity index (χ0) is 18.7. The second-order valence-corrected chi connectivity index (χ2v) is 5.91. The molecule has 7 nitrogen and oxygen atoms in total. The fourth-order valence-electron chi connectivity index (χ4n) is 2.27. The van der Waals surface area contributed by atoms with Crippen molar-refractivity contribution in [2.45, 2.75) is 13.5 Å². The fraction of sp³-hybridized carbons (Fsp3) is 0.176. The lowest BCUT2D eigenvalue weighted by Crippen LogP contribution is -2.21. The number of halogens is 2. The van der Waals surface area contributed by atoms with Crippen molar-refractivity contribution in [3.05, 3.63) is 52.8 Å². The molecular formula is C17H15ClFN5O2. The SMILES string of the molecule is COc1cc(Cl)c(C)cc1NC(=O)Cn1nnc(-c2ccc(F)cc2)n1. The average molecular weight is 376 g/mol. The van der Waals surface area contributed by atoms with Gasteiger partial charge in [-0.1, -0.05) is 11.6 Å². The Morgan fingerprint density at radius 1 is 1.31 bits per heavy atom. The summed E-state index contributed by atoms with van der Waals surface area (Å²) in [6.07, 6.45) is 0. The Labute approximate surface area is 153 Å². The second-order valence-electron chi connectivity index (χ2n) is 5.50. The second kappa shape index (κ2) is 7.49. The van der Waals surface area contributed by atoms with Crippen molar-refractivity contribution in [2.24, 2.45) is 0 Å². The summed E-state index contributed by atoms with van der Waals surface area (Å²) in [7, 11) is 1.49. The Morgan fingerprint density at radius 3 is 2.73 bits per heavy atom. The Hall–Kier alpha value is -3.00. The van der Waals surface area contributed by atoms with Crippen LogP contribution in [0.5, 0.6) is 5.75 Å². The molecule has 0 bridgehead atoms. The highest BCUT2D eigenvalue weighted by atomic mass is 35.5. The summed E-state index contributed by atoms with van der Waals surface area (Å²) in [5.74, 6) is 0.0472. The molecule has 3 rings (SSSR count). The molecule has 0 unspecified atom stereocenters. The van der Waals surface area contributed by atoms with E-state index in [0.717, 1.165) is 10.4 Å². The number of nitrogens with one attached hydrogen (secondary N) is 1. The minimum absolute atomic E-state index is 0.140. The number of aromatic nitrogens is 4. The van der Waals surface area contributed by atoms with Crippen LogP contribution in [0.1, 0.15) is 5.56 Å². The third-order valence-electron chi connectivity index (χ3n) is 3.60. The lowest BCUT2D eigenvalue weighted by molar-refractivity contribution is -0.117. The third-order valence-corrected chi connectivity index (χ3v) is 4.00. The number of amides is 1. The number of anilines is 1. The molecule has 1 heterocycles. The van der Waals surface area contributed by atoms with Crippen molar-refractivity contribution < 1.29 is 13.9 Å². The topological polar surface area (TPSA) is 81.9 Å². The van der Waals surface area contributed by atoms with E-state index in [1.54, 1.807) is 12.1 Å². The van der Waals surface area contributed by atoms with E-state index >= 15 is 0 Å². The van der Waals surface area contributed by atoms with E-state index in [1.807, 2.05) is 6.92 Å². The molecule has 1 amide bonds. The molecule has 0 spiro atoms. The molecule has 0 aliphatic rings. The molecule has 0 aliphatic heterocycles. The van der Waals surface area contributed by atoms with E-state index in [0.29, 0.717) is 27.8 Å².